The summed E-state index contributed by atoms with van der Waals surface area (Å²) in [5, 5.41) is 8.35. The first-order valence-electron chi connectivity index (χ1n) is 13.5. The third kappa shape index (κ3) is 3.79. The second kappa shape index (κ2) is 8.08. The molecule has 0 atom stereocenters. The molecule has 5 aromatic rings. The number of aryl methyl sites for hydroxylation is 3. The van der Waals surface area contributed by atoms with E-state index in [1.165, 1.54) is 75.6 Å². The van der Waals surface area contributed by atoms with Crippen LogP contribution in [0.15, 0.2) is 64.5 Å². The molecule has 188 valence electrons. The van der Waals surface area contributed by atoms with Crippen molar-refractivity contribution in [2.45, 2.75) is 77.0 Å². The van der Waals surface area contributed by atoms with Crippen LogP contribution >= 0.6 is 11.8 Å². The first kappa shape index (κ1) is 24.5. The molecule has 0 spiro atoms. The molecule has 0 saturated carbocycles. The predicted octanol–water partition coefficient (Wildman–Crippen LogP) is 9.61. The molecule has 0 aliphatic carbocycles. The Hall–Kier alpha value is -2.84. The highest BCUT2D eigenvalue weighted by atomic mass is 32.2. The van der Waals surface area contributed by atoms with Crippen LogP contribution in [0.1, 0.15) is 63.8 Å². The van der Waals surface area contributed by atoms with Gasteiger partial charge in [0.25, 0.3) is 0 Å². The van der Waals surface area contributed by atoms with E-state index in [1.54, 1.807) is 0 Å². The zero-order chi connectivity index (χ0) is 26.4. The zero-order valence-electron chi connectivity index (χ0n) is 23.8. The minimum atomic E-state index is 0.0742. The monoisotopic (exact) mass is 504 g/mol. The number of benzene rings is 4. The van der Waals surface area contributed by atoms with E-state index in [-0.39, 0.29) is 10.8 Å². The van der Waals surface area contributed by atoms with Gasteiger partial charge in [-0.25, -0.2) is 4.57 Å². The van der Waals surface area contributed by atoms with E-state index in [4.69, 9.17) is 0 Å². The van der Waals surface area contributed by atoms with Gasteiger partial charge in [0, 0.05) is 21.2 Å². The van der Waals surface area contributed by atoms with Crippen LogP contribution in [0.25, 0.3) is 43.6 Å². The Labute approximate surface area is 225 Å². The van der Waals surface area contributed by atoms with Crippen molar-refractivity contribution < 1.29 is 4.57 Å². The highest BCUT2D eigenvalue weighted by molar-refractivity contribution is 8.00. The van der Waals surface area contributed by atoms with E-state index in [0.29, 0.717) is 0 Å². The van der Waals surface area contributed by atoms with Gasteiger partial charge in [-0.05, 0) is 75.4 Å². The van der Waals surface area contributed by atoms with Crippen LogP contribution in [-0.2, 0) is 18.9 Å². The van der Waals surface area contributed by atoms with Crippen molar-refractivity contribution in [2.75, 3.05) is 0 Å². The SMILES string of the molecule is Cc1ccc2c(CC(C)(C)C)c3c(c(C)c2c1)-c1c2c(cc4cccc(C(C)(C)C)c4c2cc[n+]1C)S3. The molecule has 37 heavy (non-hydrogen) atoms. The Bertz CT molecular complexity index is 1760. The van der Waals surface area contributed by atoms with Crippen molar-refractivity contribution in [3.05, 3.63) is 77.0 Å². The highest BCUT2D eigenvalue weighted by Gasteiger charge is 2.34. The fraction of sp³-hybridized carbons (Fsp3) is 0.343. The Balaban J connectivity index is 1.82. The lowest BCUT2D eigenvalue weighted by atomic mass is 9.81. The minimum absolute atomic E-state index is 0.0742. The van der Waals surface area contributed by atoms with Crippen LogP contribution in [-0.4, -0.2) is 0 Å². The summed E-state index contributed by atoms with van der Waals surface area (Å²) < 4.78 is 2.37. The summed E-state index contributed by atoms with van der Waals surface area (Å²) in [7, 11) is 2.22. The van der Waals surface area contributed by atoms with Gasteiger partial charge in [-0.15, -0.1) is 0 Å². The molecule has 1 aromatic heterocycles. The van der Waals surface area contributed by atoms with Crippen molar-refractivity contribution in [2.24, 2.45) is 12.5 Å². The predicted molar refractivity (Wildman–Crippen MR) is 161 cm³/mol. The van der Waals surface area contributed by atoms with E-state index in [1.807, 2.05) is 11.8 Å². The van der Waals surface area contributed by atoms with Gasteiger partial charge in [-0.2, -0.15) is 0 Å². The average molecular weight is 505 g/mol. The lowest BCUT2D eigenvalue weighted by Gasteiger charge is -2.29. The molecule has 1 nitrogen and oxygen atoms in total. The molecule has 6 rings (SSSR count). The molecule has 2 heteroatoms. The summed E-state index contributed by atoms with van der Waals surface area (Å²) in [6.45, 7) is 18.6. The van der Waals surface area contributed by atoms with E-state index in [2.05, 4.69) is 122 Å². The molecule has 0 fully saturated rings. The van der Waals surface area contributed by atoms with Crippen molar-refractivity contribution in [1.82, 2.24) is 0 Å². The van der Waals surface area contributed by atoms with Gasteiger partial charge in [-0.3, -0.25) is 0 Å². The summed E-state index contributed by atoms with van der Waals surface area (Å²) in [5.41, 5.74) is 8.71. The van der Waals surface area contributed by atoms with Crippen LogP contribution in [0.5, 0.6) is 0 Å². The molecule has 0 amide bonds. The van der Waals surface area contributed by atoms with Gasteiger partial charge in [-0.1, -0.05) is 95.3 Å². The number of nitrogens with zero attached hydrogens (tertiary/aromatic N) is 1. The molecule has 0 saturated heterocycles. The van der Waals surface area contributed by atoms with E-state index in [9.17, 15) is 0 Å². The summed E-state index contributed by atoms with van der Waals surface area (Å²) >= 11 is 2.00. The molecular weight excluding hydrogens is 466 g/mol. The molecule has 0 unspecified atom stereocenters. The van der Waals surface area contributed by atoms with E-state index >= 15 is 0 Å². The minimum Gasteiger partial charge on any atom is -0.200 e. The Morgan fingerprint density at radius 1 is 0.811 bits per heavy atom. The standard InChI is InChI=1S/C35H38NS/c1-20-13-14-23-25(17-20)21(2)29-32-31-24(15-16-36(32)9)30-22(11-10-12-27(30)35(6,7)8)18-28(31)37-33(29)26(23)19-34(3,4)5/h10-18H,19H2,1-9H3/q+1. The second-order valence-electron chi connectivity index (χ2n) is 13.3. The van der Waals surface area contributed by atoms with Crippen molar-refractivity contribution in [3.63, 3.8) is 0 Å². The highest BCUT2D eigenvalue weighted by Crippen LogP contribution is 2.54. The van der Waals surface area contributed by atoms with Gasteiger partial charge < -0.3 is 0 Å². The second-order valence-corrected chi connectivity index (χ2v) is 14.3. The van der Waals surface area contributed by atoms with Gasteiger partial charge in [0.15, 0.2) is 6.20 Å². The molecule has 4 aromatic carbocycles. The normalized spacial score (nSPS) is 13.5. The summed E-state index contributed by atoms with van der Waals surface area (Å²) in [6, 6.07) is 18.7. The first-order valence-corrected chi connectivity index (χ1v) is 14.3. The van der Waals surface area contributed by atoms with Gasteiger partial charge >= 0.3 is 0 Å². The molecule has 1 aliphatic rings. The fourth-order valence-electron chi connectivity index (χ4n) is 6.34. The fourth-order valence-corrected chi connectivity index (χ4v) is 7.71. The molecular formula is C35H38NS+. The molecule has 2 heterocycles. The Kier molecular flexibility index (Phi) is 5.35. The quantitative estimate of drug-likeness (QED) is 0.159. The Morgan fingerprint density at radius 2 is 1.57 bits per heavy atom. The molecule has 0 bridgehead atoms. The largest absolute Gasteiger partial charge is 0.222 e. The van der Waals surface area contributed by atoms with Crippen LogP contribution in [0.2, 0.25) is 0 Å². The van der Waals surface area contributed by atoms with Gasteiger partial charge in [0.2, 0.25) is 5.69 Å². The third-order valence-corrected chi connectivity index (χ3v) is 9.16. The zero-order valence-corrected chi connectivity index (χ0v) is 24.6. The summed E-state index contributed by atoms with van der Waals surface area (Å²) in [6.07, 6.45) is 3.34. The topological polar surface area (TPSA) is 3.88 Å². The maximum atomic E-state index is 2.46. The summed E-state index contributed by atoms with van der Waals surface area (Å²) in [5.74, 6) is 0. The average Bonchev–Trinajstić information content (AvgIpc) is 2.81. The number of fused-ring (bicyclic) bond motifs is 5. The van der Waals surface area contributed by atoms with Crippen molar-refractivity contribution >= 4 is 44.1 Å². The first-order chi connectivity index (χ1) is 17.3. The number of aromatic nitrogens is 1. The Morgan fingerprint density at radius 3 is 2.27 bits per heavy atom. The van der Waals surface area contributed by atoms with E-state index < -0.39 is 0 Å². The van der Waals surface area contributed by atoms with Crippen LogP contribution < -0.4 is 4.57 Å². The van der Waals surface area contributed by atoms with Crippen LogP contribution in [0.3, 0.4) is 0 Å². The number of hydrogen-bond acceptors (Lipinski definition) is 1. The van der Waals surface area contributed by atoms with E-state index in [0.717, 1.165) is 6.42 Å². The van der Waals surface area contributed by atoms with Crippen molar-refractivity contribution in [1.29, 1.82) is 0 Å². The van der Waals surface area contributed by atoms with Crippen molar-refractivity contribution in [3.8, 4) is 11.3 Å². The van der Waals surface area contributed by atoms with Crippen LogP contribution in [0, 0.1) is 19.3 Å². The maximum absolute atomic E-state index is 2.46. The lowest BCUT2D eigenvalue weighted by molar-refractivity contribution is -0.659. The van der Waals surface area contributed by atoms with Crippen LogP contribution in [0.4, 0.5) is 0 Å². The molecule has 0 N–H and O–H groups in total. The summed E-state index contributed by atoms with van der Waals surface area (Å²) in [4.78, 5) is 2.83. The number of hydrogen-bond donors (Lipinski definition) is 0. The maximum Gasteiger partial charge on any atom is 0.222 e. The molecule has 0 radical (unpaired) electrons. The number of pyridine rings is 1. The third-order valence-electron chi connectivity index (χ3n) is 7.97. The molecule has 1 aliphatic heterocycles. The lowest BCUT2D eigenvalue weighted by Crippen LogP contribution is -2.32. The van der Waals surface area contributed by atoms with Gasteiger partial charge in [0.05, 0.1) is 10.9 Å². The number of rotatable bonds is 1. The smallest absolute Gasteiger partial charge is 0.200 e. The van der Waals surface area contributed by atoms with Gasteiger partial charge in [0.1, 0.15) is 7.05 Å².